The Kier molecular flexibility index (Phi) is 3.10. The Morgan fingerprint density at radius 2 is 2.26 bits per heavy atom. The highest BCUT2D eigenvalue weighted by Crippen LogP contribution is 2.30. The quantitative estimate of drug-likeness (QED) is 0.880. The highest BCUT2D eigenvalue weighted by Gasteiger charge is 2.20. The highest BCUT2D eigenvalue weighted by molar-refractivity contribution is 7.17. The molecule has 6 heteroatoms. The van der Waals surface area contributed by atoms with E-state index in [9.17, 15) is 4.79 Å². The Bertz CT molecular complexity index is 627. The van der Waals surface area contributed by atoms with Crippen LogP contribution in [0.4, 0.5) is 5.82 Å². The average molecular weight is 276 g/mol. The second kappa shape index (κ2) is 4.77. The number of carbonyl (C=O) groups excluding carboxylic acids is 1. The fourth-order valence-corrected chi connectivity index (χ4v) is 3.31. The minimum absolute atomic E-state index is 0.133. The van der Waals surface area contributed by atoms with Gasteiger partial charge in [0.25, 0.3) is 0 Å². The zero-order chi connectivity index (χ0) is 13.4. The number of hydrogen-bond acceptors (Lipinski definition) is 5. The maximum Gasteiger partial charge on any atom is 0.220 e. The van der Waals surface area contributed by atoms with E-state index in [2.05, 4.69) is 32.9 Å². The summed E-state index contributed by atoms with van der Waals surface area (Å²) < 4.78 is 0. The molecule has 5 nitrogen and oxygen atoms in total. The number of amides is 1. The molecule has 0 radical (unpaired) electrons. The van der Waals surface area contributed by atoms with E-state index in [1.807, 2.05) is 6.92 Å². The molecule has 1 atom stereocenters. The van der Waals surface area contributed by atoms with Crippen LogP contribution in [0.2, 0.25) is 0 Å². The molecule has 1 fully saturated rings. The second-order valence-electron chi connectivity index (χ2n) is 4.90. The fourth-order valence-electron chi connectivity index (χ4n) is 2.34. The van der Waals surface area contributed by atoms with Crippen molar-refractivity contribution in [2.75, 3.05) is 11.9 Å². The number of carbonyl (C=O) groups is 1. The predicted molar refractivity (Wildman–Crippen MR) is 76.5 cm³/mol. The lowest BCUT2D eigenvalue weighted by Gasteiger charge is -2.24. The largest absolute Gasteiger partial charge is 0.365 e. The molecule has 2 N–H and O–H groups in total. The Hall–Kier alpha value is -1.69. The van der Waals surface area contributed by atoms with Crippen LogP contribution in [0.25, 0.3) is 10.2 Å². The van der Waals surface area contributed by atoms with E-state index >= 15 is 0 Å². The van der Waals surface area contributed by atoms with Gasteiger partial charge >= 0.3 is 0 Å². The molecule has 0 unspecified atom stereocenters. The van der Waals surface area contributed by atoms with Crippen molar-refractivity contribution < 1.29 is 4.79 Å². The van der Waals surface area contributed by atoms with Crippen LogP contribution < -0.4 is 10.6 Å². The summed E-state index contributed by atoms with van der Waals surface area (Å²) in [6.07, 6.45) is 1.42. The lowest BCUT2D eigenvalue weighted by Crippen LogP contribution is -2.42. The van der Waals surface area contributed by atoms with Crippen LogP contribution in [0.1, 0.15) is 24.2 Å². The Labute approximate surface area is 115 Å². The lowest BCUT2D eigenvalue weighted by atomic mass is 10.1. The summed E-state index contributed by atoms with van der Waals surface area (Å²) in [5.41, 5.74) is 1.20. The first kappa shape index (κ1) is 12.3. The number of anilines is 1. The van der Waals surface area contributed by atoms with E-state index in [4.69, 9.17) is 0 Å². The molecule has 3 heterocycles. The Morgan fingerprint density at radius 3 is 3.00 bits per heavy atom. The van der Waals surface area contributed by atoms with Gasteiger partial charge in [-0.05, 0) is 31.2 Å². The van der Waals surface area contributed by atoms with Crippen LogP contribution in [0.3, 0.4) is 0 Å². The molecule has 2 aromatic rings. The highest BCUT2D eigenvalue weighted by atomic mass is 32.1. The molecule has 1 aliphatic heterocycles. The molecule has 2 aromatic heterocycles. The van der Waals surface area contributed by atoms with Crippen LogP contribution in [-0.2, 0) is 4.79 Å². The summed E-state index contributed by atoms with van der Waals surface area (Å²) in [4.78, 5) is 21.2. The summed E-state index contributed by atoms with van der Waals surface area (Å²) in [7, 11) is 0. The molecule has 0 aromatic carbocycles. The zero-order valence-corrected chi connectivity index (χ0v) is 11.8. The van der Waals surface area contributed by atoms with Gasteiger partial charge in [0.2, 0.25) is 5.91 Å². The molecule has 19 heavy (non-hydrogen) atoms. The number of fused-ring (bicyclic) bond motifs is 1. The third-order valence-corrected chi connectivity index (χ3v) is 4.33. The zero-order valence-electron chi connectivity index (χ0n) is 11.0. The number of nitrogens with zero attached hydrogens (tertiary/aromatic N) is 2. The number of nitrogens with one attached hydrogen (secondary N) is 2. The van der Waals surface area contributed by atoms with Crippen LogP contribution in [0.15, 0.2) is 5.38 Å². The molecule has 0 bridgehead atoms. The molecule has 0 aliphatic carbocycles. The second-order valence-corrected chi connectivity index (χ2v) is 5.76. The van der Waals surface area contributed by atoms with Gasteiger partial charge in [0.05, 0.1) is 5.39 Å². The van der Waals surface area contributed by atoms with Crippen LogP contribution in [0, 0.1) is 13.8 Å². The smallest absolute Gasteiger partial charge is 0.220 e. The topological polar surface area (TPSA) is 66.9 Å². The number of hydrogen-bond donors (Lipinski definition) is 2. The van der Waals surface area contributed by atoms with Crippen LogP contribution in [0.5, 0.6) is 0 Å². The summed E-state index contributed by atoms with van der Waals surface area (Å²) >= 11 is 1.64. The number of aromatic nitrogens is 2. The molecule has 1 saturated heterocycles. The first-order valence-corrected chi connectivity index (χ1v) is 7.27. The van der Waals surface area contributed by atoms with E-state index in [0.29, 0.717) is 13.0 Å². The molecule has 0 spiro atoms. The molecular formula is C13H16N4OS. The van der Waals surface area contributed by atoms with Crippen molar-refractivity contribution in [1.82, 2.24) is 15.3 Å². The maximum absolute atomic E-state index is 11.2. The van der Waals surface area contributed by atoms with E-state index in [1.165, 1.54) is 5.56 Å². The first-order chi connectivity index (χ1) is 9.13. The fraction of sp³-hybridized carbons (Fsp3) is 0.462. The van der Waals surface area contributed by atoms with Gasteiger partial charge in [-0.1, -0.05) is 0 Å². The van der Waals surface area contributed by atoms with Crippen molar-refractivity contribution in [3.63, 3.8) is 0 Å². The van der Waals surface area contributed by atoms with Crippen LogP contribution in [-0.4, -0.2) is 28.5 Å². The van der Waals surface area contributed by atoms with Gasteiger partial charge in [-0.2, -0.15) is 0 Å². The van der Waals surface area contributed by atoms with E-state index in [-0.39, 0.29) is 11.9 Å². The van der Waals surface area contributed by atoms with Gasteiger partial charge in [-0.3, -0.25) is 4.79 Å². The van der Waals surface area contributed by atoms with Gasteiger partial charge in [-0.25, -0.2) is 9.97 Å². The summed E-state index contributed by atoms with van der Waals surface area (Å²) in [6.45, 7) is 4.64. The van der Waals surface area contributed by atoms with Crippen LogP contribution >= 0.6 is 11.3 Å². The SMILES string of the molecule is Cc1nc(N[C@@H]2CCC(=O)NC2)c2c(C)csc2n1. The minimum Gasteiger partial charge on any atom is -0.365 e. The normalized spacial score (nSPS) is 19.5. The minimum atomic E-state index is 0.133. The van der Waals surface area contributed by atoms with Crippen molar-refractivity contribution in [3.05, 3.63) is 16.8 Å². The summed E-state index contributed by atoms with van der Waals surface area (Å²) in [6, 6.07) is 0.245. The van der Waals surface area contributed by atoms with Gasteiger partial charge < -0.3 is 10.6 Å². The Balaban J connectivity index is 1.91. The molecule has 0 saturated carbocycles. The third-order valence-electron chi connectivity index (χ3n) is 3.34. The Morgan fingerprint density at radius 1 is 1.42 bits per heavy atom. The monoisotopic (exact) mass is 276 g/mol. The van der Waals surface area contributed by atoms with Gasteiger partial charge in [0.1, 0.15) is 16.5 Å². The summed E-state index contributed by atoms with van der Waals surface area (Å²) in [5, 5.41) is 9.54. The van der Waals surface area contributed by atoms with Gasteiger partial charge in [-0.15, -0.1) is 11.3 Å². The molecule has 1 amide bonds. The molecule has 3 rings (SSSR count). The standard InChI is InChI=1S/C13H16N4OS/c1-7-6-19-13-11(7)12(15-8(2)16-13)17-9-3-4-10(18)14-5-9/h6,9H,3-5H2,1-2H3,(H,14,18)(H,15,16,17)/t9-/m1/s1. The maximum atomic E-state index is 11.2. The summed E-state index contributed by atoms with van der Waals surface area (Å²) in [5.74, 6) is 1.80. The number of rotatable bonds is 2. The van der Waals surface area contributed by atoms with Crippen molar-refractivity contribution in [1.29, 1.82) is 0 Å². The number of piperidine rings is 1. The van der Waals surface area contributed by atoms with E-state index in [0.717, 1.165) is 28.3 Å². The lowest BCUT2D eigenvalue weighted by molar-refractivity contribution is -0.122. The molecule has 100 valence electrons. The number of aryl methyl sites for hydroxylation is 2. The van der Waals surface area contributed by atoms with Gasteiger partial charge in [0.15, 0.2) is 0 Å². The van der Waals surface area contributed by atoms with Crippen molar-refractivity contribution >= 4 is 33.3 Å². The average Bonchev–Trinajstić information content (AvgIpc) is 2.74. The van der Waals surface area contributed by atoms with Crippen molar-refractivity contribution in [2.24, 2.45) is 0 Å². The van der Waals surface area contributed by atoms with Crippen molar-refractivity contribution in [2.45, 2.75) is 32.7 Å². The molecule has 1 aliphatic rings. The van der Waals surface area contributed by atoms with E-state index in [1.54, 1.807) is 11.3 Å². The van der Waals surface area contributed by atoms with Crippen molar-refractivity contribution in [3.8, 4) is 0 Å². The first-order valence-electron chi connectivity index (χ1n) is 6.39. The molecular weight excluding hydrogens is 260 g/mol. The van der Waals surface area contributed by atoms with Gasteiger partial charge in [0, 0.05) is 19.0 Å². The number of thiophene rings is 1. The predicted octanol–water partition coefficient (Wildman–Crippen LogP) is 2.00. The van der Waals surface area contributed by atoms with E-state index < -0.39 is 0 Å². The third kappa shape index (κ3) is 2.40.